The predicted octanol–water partition coefficient (Wildman–Crippen LogP) is 14.3. The van der Waals surface area contributed by atoms with Crippen LogP contribution in [-0.2, 0) is 0 Å². The molecular weight excluding hydrogens is 733 g/mol. The third-order valence-corrected chi connectivity index (χ3v) is 11.3. The van der Waals surface area contributed by atoms with Crippen LogP contribution in [0, 0.1) is 0 Å². The molecule has 0 aliphatic heterocycles. The molecule has 8 aromatic carbocycles. The first kappa shape index (κ1) is 31.9. The lowest BCUT2D eigenvalue weighted by Crippen LogP contribution is -2.15. The van der Waals surface area contributed by atoms with Crippen LogP contribution >= 0.6 is 0 Å². The number of nitrogens with zero attached hydrogens (tertiary/aromatic N) is 4. The van der Waals surface area contributed by atoms with Crippen molar-refractivity contribution in [2.45, 2.75) is 0 Å². The second-order valence-electron chi connectivity index (χ2n) is 14.8. The normalized spacial score (nSPS) is 12.1. The number of hydrogen-bond acceptors (Lipinski definition) is 8. The van der Waals surface area contributed by atoms with Gasteiger partial charge in [0.25, 0.3) is 0 Å². The van der Waals surface area contributed by atoms with Crippen LogP contribution in [0.3, 0.4) is 0 Å². The van der Waals surface area contributed by atoms with Gasteiger partial charge in [-0.1, -0.05) is 78.9 Å². The molecular formula is C51H28N4O4. The molecule has 0 saturated carbocycles. The van der Waals surface area contributed by atoms with Crippen molar-refractivity contribution in [2.75, 3.05) is 4.90 Å². The van der Waals surface area contributed by atoms with E-state index in [9.17, 15) is 0 Å². The first-order chi connectivity index (χ1) is 29.2. The molecule has 0 atom stereocenters. The quantitative estimate of drug-likeness (QED) is 0.171. The fourth-order valence-electron chi connectivity index (χ4n) is 8.54. The molecule has 8 heteroatoms. The monoisotopic (exact) mass is 760 g/mol. The van der Waals surface area contributed by atoms with Gasteiger partial charge in [0.1, 0.15) is 44.7 Å². The highest BCUT2D eigenvalue weighted by molar-refractivity contribution is 6.09. The minimum atomic E-state index is 0.425. The van der Waals surface area contributed by atoms with Crippen molar-refractivity contribution in [1.82, 2.24) is 15.0 Å². The second-order valence-corrected chi connectivity index (χ2v) is 14.8. The first-order valence-corrected chi connectivity index (χ1v) is 19.4. The van der Waals surface area contributed by atoms with E-state index >= 15 is 0 Å². The third kappa shape index (κ3) is 4.93. The van der Waals surface area contributed by atoms with Gasteiger partial charge in [0, 0.05) is 66.0 Å². The number of furan rings is 4. The van der Waals surface area contributed by atoms with E-state index in [0.29, 0.717) is 17.6 Å². The second kappa shape index (κ2) is 12.1. The number of hydrogen-bond donors (Lipinski definition) is 0. The fraction of sp³-hybridized carbons (Fsp3) is 0. The highest BCUT2D eigenvalue weighted by Crippen LogP contribution is 2.42. The predicted molar refractivity (Wildman–Crippen MR) is 234 cm³/mol. The average Bonchev–Trinajstić information content (AvgIpc) is 4.05. The van der Waals surface area contributed by atoms with Gasteiger partial charge in [0.15, 0.2) is 11.6 Å². The Balaban J connectivity index is 1.08. The third-order valence-electron chi connectivity index (χ3n) is 11.3. The van der Waals surface area contributed by atoms with E-state index in [2.05, 4.69) is 71.6 Å². The van der Waals surface area contributed by atoms with E-state index in [1.807, 2.05) is 103 Å². The van der Waals surface area contributed by atoms with Crippen LogP contribution in [-0.4, -0.2) is 15.0 Å². The van der Waals surface area contributed by atoms with Crippen molar-refractivity contribution >= 4 is 105 Å². The number of rotatable bonds is 5. The van der Waals surface area contributed by atoms with Crippen molar-refractivity contribution in [3.05, 3.63) is 170 Å². The molecule has 13 aromatic rings. The van der Waals surface area contributed by atoms with Crippen LogP contribution in [0.4, 0.5) is 17.3 Å². The summed E-state index contributed by atoms with van der Waals surface area (Å²) in [6.45, 7) is 0. The minimum Gasteiger partial charge on any atom is -0.456 e. The van der Waals surface area contributed by atoms with Gasteiger partial charge in [-0.05, 0) is 84.9 Å². The summed E-state index contributed by atoms with van der Waals surface area (Å²) < 4.78 is 25.3. The zero-order valence-corrected chi connectivity index (χ0v) is 31.1. The van der Waals surface area contributed by atoms with Crippen LogP contribution in [0.15, 0.2) is 188 Å². The number of para-hydroxylation sites is 4. The van der Waals surface area contributed by atoms with Crippen molar-refractivity contribution in [2.24, 2.45) is 0 Å². The highest BCUT2D eigenvalue weighted by Gasteiger charge is 2.23. The molecule has 5 aromatic heterocycles. The van der Waals surface area contributed by atoms with Gasteiger partial charge in [-0.3, -0.25) is 4.90 Å². The molecule has 5 heterocycles. The van der Waals surface area contributed by atoms with Gasteiger partial charge in [0.2, 0.25) is 5.95 Å². The van der Waals surface area contributed by atoms with E-state index in [4.69, 9.17) is 32.6 Å². The summed E-state index contributed by atoms with van der Waals surface area (Å²) in [4.78, 5) is 17.8. The van der Waals surface area contributed by atoms with Gasteiger partial charge in [0.05, 0.1) is 5.69 Å². The van der Waals surface area contributed by atoms with Gasteiger partial charge >= 0.3 is 0 Å². The topological polar surface area (TPSA) is 94.5 Å². The average molecular weight is 761 g/mol. The van der Waals surface area contributed by atoms with E-state index in [1.165, 1.54) is 0 Å². The smallest absolute Gasteiger partial charge is 0.238 e. The maximum absolute atomic E-state index is 6.44. The molecule has 59 heavy (non-hydrogen) atoms. The molecule has 0 spiro atoms. The summed E-state index contributed by atoms with van der Waals surface area (Å²) in [7, 11) is 0. The maximum Gasteiger partial charge on any atom is 0.238 e. The Morgan fingerprint density at radius 3 is 1.29 bits per heavy atom. The first-order valence-electron chi connectivity index (χ1n) is 19.4. The van der Waals surface area contributed by atoms with E-state index in [1.54, 1.807) is 0 Å². The summed E-state index contributed by atoms with van der Waals surface area (Å²) in [6, 6.07) is 57.0. The Kier molecular flexibility index (Phi) is 6.56. The molecule has 276 valence electrons. The molecule has 0 saturated heterocycles. The summed E-state index contributed by atoms with van der Waals surface area (Å²) in [5.74, 6) is 1.43. The van der Waals surface area contributed by atoms with Crippen LogP contribution in [0.5, 0.6) is 0 Å². The van der Waals surface area contributed by atoms with Gasteiger partial charge < -0.3 is 17.7 Å². The number of aromatic nitrogens is 3. The maximum atomic E-state index is 6.44. The molecule has 8 nitrogen and oxygen atoms in total. The standard InChI is InChI=1S/C51H28N4O4/c1-5-13-41-33(9-1)37-21-17-30(26-47(37)58-41)50-52-49(29-18-23-45-39(25-29)35-11-3-7-15-43(35)56-45)53-51(54-50)55(31-20-24-46-40(27-31)36-12-4-8-16-44(36)57-46)32-19-22-38-34-10-2-6-14-42(34)59-48(38)28-32/h1-28H. The SMILES string of the molecule is c1ccc2c(c1)oc1cc(-c3nc(-c4ccc5oc6ccccc6c5c4)nc(N(c4ccc5c(c4)oc4ccccc45)c4ccc5oc6ccccc6c5c4)n3)ccc12. The summed E-state index contributed by atoms with van der Waals surface area (Å²) in [5.41, 5.74) is 9.66. The summed E-state index contributed by atoms with van der Waals surface area (Å²) >= 11 is 0. The van der Waals surface area contributed by atoms with E-state index < -0.39 is 0 Å². The summed E-state index contributed by atoms with van der Waals surface area (Å²) in [6.07, 6.45) is 0. The minimum absolute atomic E-state index is 0.425. The van der Waals surface area contributed by atoms with Crippen LogP contribution < -0.4 is 4.90 Å². The Morgan fingerprint density at radius 2 is 0.678 bits per heavy atom. The Labute approximate surface area is 334 Å². The fourth-order valence-corrected chi connectivity index (χ4v) is 8.54. The molecule has 0 aliphatic rings. The number of benzene rings is 8. The zero-order valence-electron chi connectivity index (χ0n) is 31.1. The lowest BCUT2D eigenvalue weighted by molar-refractivity contribution is 0.668. The molecule has 0 N–H and O–H groups in total. The van der Waals surface area contributed by atoms with Crippen molar-refractivity contribution < 1.29 is 17.7 Å². The van der Waals surface area contributed by atoms with Crippen molar-refractivity contribution in [1.29, 1.82) is 0 Å². The number of anilines is 3. The van der Waals surface area contributed by atoms with Crippen LogP contribution in [0.25, 0.3) is 111 Å². The largest absolute Gasteiger partial charge is 0.456 e. The van der Waals surface area contributed by atoms with Crippen molar-refractivity contribution in [3.63, 3.8) is 0 Å². The van der Waals surface area contributed by atoms with E-state index in [-0.39, 0.29) is 0 Å². The highest BCUT2D eigenvalue weighted by atomic mass is 16.3. The Bertz CT molecular complexity index is 3830. The molecule has 0 aliphatic carbocycles. The van der Waals surface area contributed by atoms with Gasteiger partial charge in [-0.15, -0.1) is 0 Å². The van der Waals surface area contributed by atoms with Gasteiger partial charge in [-0.25, -0.2) is 4.98 Å². The van der Waals surface area contributed by atoms with E-state index in [0.717, 1.165) is 110 Å². The molecule has 0 fully saturated rings. The number of fused-ring (bicyclic) bond motifs is 12. The zero-order chi connectivity index (χ0) is 38.6. The lowest BCUT2D eigenvalue weighted by Gasteiger charge is -2.24. The Hall–Kier alpha value is -8.23. The molecule has 0 unspecified atom stereocenters. The van der Waals surface area contributed by atoms with Gasteiger partial charge in [-0.2, -0.15) is 9.97 Å². The van der Waals surface area contributed by atoms with Crippen LogP contribution in [0.1, 0.15) is 0 Å². The van der Waals surface area contributed by atoms with Crippen LogP contribution in [0.2, 0.25) is 0 Å². The molecule has 13 rings (SSSR count). The van der Waals surface area contributed by atoms with Crippen molar-refractivity contribution in [3.8, 4) is 22.8 Å². The molecule has 0 radical (unpaired) electrons. The summed E-state index contributed by atoms with van der Waals surface area (Å²) in [5, 5.41) is 8.17. The Morgan fingerprint density at radius 1 is 0.288 bits per heavy atom. The molecule has 0 bridgehead atoms. The lowest BCUT2D eigenvalue weighted by atomic mass is 10.1. The molecule has 0 amide bonds.